The molecule has 0 saturated carbocycles. The van der Waals surface area contributed by atoms with Gasteiger partial charge in [0.15, 0.2) is 0 Å². The molecule has 3 aromatic rings. The summed E-state index contributed by atoms with van der Waals surface area (Å²) in [7, 11) is 0. The molecule has 0 bridgehead atoms. The van der Waals surface area contributed by atoms with Gasteiger partial charge in [0.1, 0.15) is 0 Å². The summed E-state index contributed by atoms with van der Waals surface area (Å²) in [5.41, 5.74) is 4.92. The zero-order valence-corrected chi connectivity index (χ0v) is 16.1. The molecule has 7 nitrogen and oxygen atoms in total. The first-order valence-electron chi connectivity index (χ1n) is 9.61. The lowest BCUT2D eigenvalue weighted by Gasteiger charge is -2.26. The Morgan fingerprint density at radius 3 is 2.86 bits per heavy atom. The Bertz CT molecular complexity index is 1100. The van der Waals surface area contributed by atoms with E-state index in [-0.39, 0.29) is 17.3 Å². The standard InChI is InChI=1S/C22H21N5O2/c1-15-20(10-17(12-23)11-22(15)27(28)29)25-19-8-5-9-21-18(19)13-24-26(21)14-16-6-3-2-4-7-16/h2-4,6-7,10-11,13,19,25H,5,8-9,14H2,1H3. The number of fused-ring (bicyclic) bond motifs is 1. The number of benzene rings is 2. The second kappa shape index (κ2) is 7.76. The molecule has 0 fully saturated rings. The van der Waals surface area contributed by atoms with E-state index in [9.17, 15) is 15.4 Å². The van der Waals surface area contributed by atoms with Crippen LogP contribution in [0.1, 0.15) is 46.8 Å². The van der Waals surface area contributed by atoms with Gasteiger partial charge in [-0.2, -0.15) is 10.4 Å². The predicted molar refractivity (Wildman–Crippen MR) is 110 cm³/mol. The number of nitro groups is 1. The highest BCUT2D eigenvalue weighted by atomic mass is 16.6. The number of aromatic nitrogens is 2. The van der Waals surface area contributed by atoms with Gasteiger partial charge in [0, 0.05) is 28.6 Å². The number of hydrogen-bond donors (Lipinski definition) is 1. The Morgan fingerprint density at radius 1 is 1.34 bits per heavy atom. The minimum atomic E-state index is -0.439. The smallest absolute Gasteiger partial charge is 0.275 e. The molecule has 7 heteroatoms. The zero-order chi connectivity index (χ0) is 20.4. The molecule has 1 unspecified atom stereocenters. The fourth-order valence-electron chi connectivity index (χ4n) is 3.95. The average molecular weight is 387 g/mol. The van der Waals surface area contributed by atoms with Crippen LogP contribution in [0.15, 0.2) is 48.7 Å². The van der Waals surface area contributed by atoms with Gasteiger partial charge in [-0.25, -0.2) is 0 Å². The van der Waals surface area contributed by atoms with E-state index in [1.54, 1.807) is 13.0 Å². The topological polar surface area (TPSA) is 96.8 Å². The summed E-state index contributed by atoms with van der Waals surface area (Å²) in [6.07, 6.45) is 4.77. The van der Waals surface area contributed by atoms with Crippen LogP contribution in [0, 0.1) is 28.4 Å². The Morgan fingerprint density at radius 2 is 2.14 bits per heavy atom. The summed E-state index contributed by atoms with van der Waals surface area (Å²) < 4.78 is 2.04. The predicted octanol–water partition coefficient (Wildman–Crippen LogP) is 4.51. The summed E-state index contributed by atoms with van der Waals surface area (Å²) >= 11 is 0. The van der Waals surface area contributed by atoms with Gasteiger partial charge in [0.2, 0.25) is 0 Å². The van der Waals surface area contributed by atoms with Gasteiger partial charge in [-0.15, -0.1) is 0 Å². The van der Waals surface area contributed by atoms with Crippen molar-refractivity contribution in [1.82, 2.24) is 9.78 Å². The SMILES string of the molecule is Cc1c(NC2CCCc3c2cnn3Cc2ccccc2)cc(C#N)cc1[N+](=O)[O-]. The second-order valence-electron chi connectivity index (χ2n) is 7.32. The summed E-state index contributed by atoms with van der Waals surface area (Å²) in [6, 6.07) is 15.2. The van der Waals surface area contributed by atoms with Crippen LogP contribution in [0.5, 0.6) is 0 Å². The van der Waals surface area contributed by atoms with E-state index in [1.165, 1.54) is 17.3 Å². The van der Waals surface area contributed by atoms with Gasteiger partial charge in [0.05, 0.1) is 35.3 Å². The van der Waals surface area contributed by atoms with Crippen molar-refractivity contribution in [3.05, 3.63) is 86.7 Å². The van der Waals surface area contributed by atoms with Crippen LogP contribution in [-0.4, -0.2) is 14.7 Å². The van der Waals surface area contributed by atoms with Crippen LogP contribution in [0.25, 0.3) is 0 Å². The molecular weight excluding hydrogens is 366 g/mol. The van der Waals surface area contributed by atoms with Crippen LogP contribution in [-0.2, 0) is 13.0 Å². The number of nitrogens with zero attached hydrogens (tertiary/aromatic N) is 4. The van der Waals surface area contributed by atoms with Crippen LogP contribution in [0.4, 0.5) is 11.4 Å². The molecule has 1 aliphatic rings. The number of nitrogens with one attached hydrogen (secondary N) is 1. The largest absolute Gasteiger partial charge is 0.378 e. The Labute approximate surface area is 168 Å². The number of nitro benzene ring substituents is 1. The van der Waals surface area contributed by atoms with Crippen molar-refractivity contribution in [3.63, 3.8) is 0 Å². The lowest BCUT2D eigenvalue weighted by atomic mass is 9.92. The molecule has 4 rings (SSSR count). The van der Waals surface area contributed by atoms with Gasteiger partial charge in [-0.3, -0.25) is 14.8 Å². The molecule has 1 N–H and O–H groups in total. The average Bonchev–Trinajstić information content (AvgIpc) is 3.14. The van der Waals surface area contributed by atoms with Crippen molar-refractivity contribution >= 4 is 11.4 Å². The van der Waals surface area contributed by atoms with Crippen LogP contribution < -0.4 is 5.32 Å². The maximum Gasteiger partial charge on any atom is 0.275 e. The highest BCUT2D eigenvalue weighted by Crippen LogP contribution is 2.36. The summed E-state index contributed by atoms with van der Waals surface area (Å²) in [6.45, 7) is 2.43. The molecule has 0 spiro atoms. The fourth-order valence-corrected chi connectivity index (χ4v) is 3.95. The molecule has 2 aromatic carbocycles. The zero-order valence-electron chi connectivity index (χ0n) is 16.1. The Balaban J connectivity index is 1.64. The molecule has 1 heterocycles. The van der Waals surface area contributed by atoms with Crippen molar-refractivity contribution in [2.75, 3.05) is 5.32 Å². The molecule has 146 valence electrons. The molecule has 0 aliphatic heterocycles. The summed E-state index contributed by atoms with van der Waals surface area (Å²) in [5.74, 6) is 0. The summed E-state index contributed by atoms with van der Waals surface area (Å²) in [5, 5.41) is 28.7. The maximum absolute atomic E-state index is 11.4. The van der Waals surface area contributed by atoms with E-state index in [0.29, 0.717) is 11.3 Å². The minimum absolute atomic E-state index is 0.00974. The Hall–Kier alpha value is -3.66. The second-order valence-corrected chi connectivity index (χ2v) is 7.32. The van der Waals surface area contributed by atoms with Gasteiger partial charge < -0.3 is 5.32 Å². The molecular formula is C22H21N5O2. The fraction of sp³-hybridized carbons (Fsp3) is 0.273. The van der Waals surface area contributed by atoms with E-state index >= 15 is 0 Å². The van der Waals surface area contributed by atoms with Crippen LogP contribution in [0.2, 0.25) is 0 Å². The lowest BCUT2D eigenvalue weighted by Crippen LogP contribution is -2.19. The normalized spacial score (nSPS) is 15.4. The highest BCUT2D eigenvalue weighted by molar-refractivity contribution is 5.64. The maximum atomic E-state index is 11.4. The van der Waals surface area contributed by atoms with Gasteiger partial charge in [-0.1, -0.05) is 30.3 Å². The van der Waals surface area contributed by atoms with Crippen molar-refractivity contribution < 1.29 is 4.92 Å². The molecule has 1 atom stereocenters. The number of rotatable bonds is 5. The third-order valence-electron chi connectivity index (χ3n) is 5.47. The third kappa shape index (κ3) is 3.69. The van der Waals surface area contributed by atoms with Gasteiger partial charge >= 0.3 is 0 Å². The van der Waals surface area contributed by atoms with E-state index < -0.39 is 4.92 Å². The molecule has 1 aromatic heterocycles. The van der Waals surface area contributed by atoms with Gasteiger partial charge in [-0.05, 0) is 37.8 Å². The number of hydrogen-bond acceptors (Lipinski definition) is 5. The molecule has 0 radical (unpaired) electrons. The Kier molecular flexibility index (Phi) is 5.00. The quantitative estimate of drug-likeness (QED) is 0.513. The first-order valence-corrected chi connectivity index (χ1v) is 9.61. The third-order valence-corrected chi connectivity index (χ3v) is 5.47. The van der Waals surface area contributed by atoms with E-state index in [1.807, 2.05) is 35.1 Å². The number of anilines is 1. The number of nitriles is 1. The summed E-state index contributed by atoms with van der Waals surface area (Å²) in [4.78, 5) is 10.9. The molecule has 29 heavy (non-hydrogen) atoms. The van der Waals surface area contributed by atoms with Crippen LogP contribution in [0.3, 0.4) is 0 Å². The molecule has 0 saturated heterocycles. The monoisotopic (exact) mass is 387 g/mol. The molecule has 0 amide bonds. The first kappa shape index (κ1) is 18.7. The lowest BCUT2D eigenvalue weighted by molar-refractivity contribution is -0.385. The van der Waals surface area contributed by atoms with Crippen molar-refractivity contribution in [3.8, 4) is 6.07 Å². The van der Waals surface area contributed by atoms with Crippen molar-refractivity contribution in [2.45, 2.75) is 38.8 Å². The van der Waals surface area contributed by atoms with E-state index in [0.717, 1.165) is 31.4 Å². The van der Waals surface area contributed by atoms with Crippen LogP contribution >= 0.6 is 0 Å². The highest BCUT2D eigenvalue weighted by Gasteiger charge is 2.26. The van der Waals surface area contributed by atoms with Gasteiger partial charge in [0.25, 0.3) is 5.69 Å². The minimum Gasteiger partial charge on any atom is -0.378 e. The van der Waals surface area contributed by atoms with Crippen molar-refractivity contribution in [2.24, 2.45) is 0 Å². The van der Waals surface area contributed by atoms with Crippen molar-refractivity contribution in [1.29, 1.82) is 5.26 Å². The van der Waals surface area contributed by atoms with E-state index in [2.05, 4.69) is 22.5 Å². The van der Waals surface area contributed by atoms with E-state index in [4.69, 9.17) is 0 Å². The first-order chi connectivity index (χ1) is 14.1. The molecule has 1 aliphatic carbocycles.